The molecule has 1 heterocycles. The van der Waals surface area contributed by atoms with Crippen LogP contribution in [0.25, 0.3) is 0 Å². The molecule has 0 saturated heterocycles. The van der Waals surface area contributed by atoms with Crippen LogP contribution < -0.4 is 0 Å². The van der Waals surface area contributed by atoms with Gasteiger partial charge in [-0.3, -0.25) is 4.79 Å². The Morgan fingerprint density at radius 1 is 1.50 bits per heavy atom. The van der Waals surface area contributed by atoms with E-state index in [2.05, 4.69) is 15.9 Å². The number of hydrogen-bond acceptors (Lipinski definition) is 3. The highest BCUT2D eigenvalue weighted by molar-refractivity contribution is 5.92. The summed E-state index contributed by atoms with van der Waals surface area (Å²) in [6, 6.07) is 1.66. The molecule has 0 aromatic carbocycles. The fraction of sp³-hybridized carbons (Fsp3) is 0.222. The molecule has 0 aliphatic heterocycles. The summed E-state index contributed by atoms with van der Waals surface area (Å²) in [5.74, 6) is 2.53. The van der Waals surface area contributed by atoms with Gasteiger partial charge in [-0.25, -0.2) is 9.97 Å². The van der Waals surface area contributed by atoms with Gasteiger partial charge in [0, 0.05) is 25.2 Å². The first kappa shape index (κ1) is 8.41. The molecule has 0 saturated carbocycles. The number of ketones is 1. The minimum Gasteiger partial charge on any atom is -0.291 e. The molecule has 1 aromatic heterocycles. The van der Waals surface area contributed by atoms with Crippen molar-refractivity contribution < 1.29 is 4.79 Å². The normalized spacial score (nSPS) is 8.92. The number of carbonyl (C=O) groups is 1. The first-order valence-corrected chi connectivity index (χ1v) is 3.58. The summed E-state index contributed by atoms with van der Waals surface area (Å²) in [4.78, 5) is 18.8. The topological polar surface area (TPSA) is 42.9 Å². The monoisotopic (exact) mass is 160 g/mol. The van der Waals surface area contributed by atoms with E-state index in [4.69, 9.17) is 6.42 Å². The quantitative estimate of drug-likeness (QED) is 0.490. The first-order chi connectivity index (χ1) is 5.84. The molecule has 1 aromatic rings. The summed E-state index contributed by atoms with van der Waals surface area (Å²) in [6.45, 7) is 0. The Hall–Kier alpha value is -1.69. The van der Waals surface area contributed by atoms with Gasteiger partial charge in [-0.2, -0.15) is 0 Å². The van der Waals surface area contributed by atoms with Crippen molar-refractivity contribution in [3.63, 3.8) is 0 Å². The molecule has 0 amide bonds. The van der Waals surface area contributed by atoms with Crippen LogP contribution in [0.3, 0.4) is 0 Å². The lowest BCUT2D eigenvalue weighted by Gasteiger charge is -1.93. The zero-order chi connectivity index (χ0) is 8.81. The Kier molecular flexibility index (Phi) is 2.97. The second-order valence-electron chi connectivity index (χ2n) is 2.20. The summed E-state index contributed by atoms with van der Waals surface area (Å²) in [6.07, 6.45) is 8.85. The van der Waals surface area contributed by atoms with Crippen molar-refractivity contribution in [2.24, 2.45) is 0 Å². The molecule has 0 unspecified atom stereocenters. The van der Waals surface area contributed by atoms with Crippen LogP contribution in [0.15, 0.2) is 18.5 Å². The molecule has 3 heteroatoms. The number of aromatic nitrogens is 2. The lowest BCUT2D eigenvalue weighted by atomic mass is 10.2. The third-order valence-electron chi connectivity index (χ3n) is 1.31. The third kappa shape index (κ3) is 2.17. The van der Waals surface area contributed by atoms with Crippen molar-refractivity contribution in [3.8, 4) is 12.3 Å². The average Bonchev–Trinajstić information content (AvgIpc) is 2.15. The van der Waals surface area contributed by atoms with E-state index in [-0.39, 0.29) is 11.6 Å². The van der Waals surface area contributed by atoms with Gasteiger partial charge in [-0.1, -0.05) is 0 Å². The Bertz CT molecular complexity index is 300. The highest BCUT2D eigenvalue weighted by atomic mass is 16.1. The van der Waals surface area contributed by atoms with Crippen LogP contribution >= 0.6 is 0 Å². The van der Waals surface area contributed by atoms with E-state index in [0.29, 0.717) is 12.8 Å². The number of hydrogen-bond donors (Lipinski definition) is 0. The maximum absolute atomic E-state index is 11.2. The van der Waals surface area contributed by atoms with Crippen LogP contribution in [0, 0.1) is 12.3 Å². The van der Waals surface area contributed by atoms with Gasteiger partial charge in [0.05, 0.1) is 0 Å². The molecule has 0 atom stereocenters. The average molecular weight is 160 g/mol. The molecule has 0 bridgehead atoms. The minimum absolute atomic E-state index is 0.103. The van der Waals surface area contributed by atoms with E-state index in [0.717, 1.165) is 0 Å². The molecule has 3 nitrogen and oxygen atoms in total. The van der Waals surface area contributed by atoms with E-state index in [1.54, 1.807) is 6.07 Å². The summed E-state index contributed by atoms with van der Waals surface area (Å²) in [7, 11) is 0. The lowest BCUT2D eigenvalue weighted by Crippen LogP contribution is -2.03. The number of rotatable bonds is 3. The van der Waals surface area contributed by atoms with Crippen LogP contribution in [-0.4, -0.2) is 15.8 Å². The van der Waals surface area contributed by atoms with Crippen LogP contribution in [0.5, 0.6) is 0 Å². The Balaban J connectivity index is 2.61. The van der Waals surface area contributed by atoms with E-state index < -0.39 is 0 Å². The molecular weight excluding hydrogens is 152 g/mol. The predicted octanol–water partition coefficient (Wildman–Crippen LogP) is 1.07. The fourth-order valence-corrected chi connectivity index (χ4v) is 0.741. The highest BCUT2D eigenvalue weighted by Gasteiger charge is 2.05. The van der Waals surface area contributed by atoms with E-state index in [1.807, 2.05) is 0 Å². The highest BCUT2D eigenvalue weighted by Crippen LogP contribution is 1.97. The number of terminal acetylenes is 1. The molecule has 60 valence electrons. The van der Waals surface area contributed by atoms with Crippen LogP contribution in [0.4, 0.5) is 0 Å². The lowest BCUT2D eigenvalue weighted by molar-refractivity contribution is 0.0974. The molecule has 0 spiro atoms. The molecule has 1 rings (SSSR count). The SMILES string of the molecule is C#CCCC(=O)c1ncccn1. The molecule has 0 N–H and O–H groups in total. The van der Waals surface area contributed by atoms with E-state index in [9.17, 15) is 4.79 Å². The van der Waals surface area contributed by atoms with Crippen molar-refractivity contribution in [1.82, 2.24) is 9.97 Å². The van der Waals surface area contributed by atoms with Gasteiger partial charge in [0.25, 0.3) is 0 Å². The predicted molar refractivity (Wildman–Crippen MR) is 44.4 cm³/mol. The Morgan fingerprint density at radius 3 is 2.75 bits per heavy atom. The van der Waals surface area contributed by atoms with E-state index in [1.165, 1.54) is 12.4 Å². The van der Waals surface area contributed by atoms with Gasteiger partial charge < -0.3 is 0 Å². The molecule has 0 radical (unpaired) electrons. The first-order valence-electron chi connectivity index (χ1n) is 3.58. The fourth-order valence-electron chi connectivity index (χ4n) is 0.741. The van der Waals surface area contributed by atoms with Crippen molar-refractivity contribution >= 4 is 5.78 Å². The van der Waals surface area contributed by atoms with Crippen molar-refractivity contribution in [2.45, 2.75) is 12.8 Å². The summed E-state index contributed by atoms with van der Waals surface area (Å²) in [5, 5.41) is 0. The standard InChI is InChI=1S/C9H8N2O/c1-2-3-5-8(12)9-10-6-4-7-11-9/h1,4,6-7H,3,5H2. The molecule has 0 fully saturated rings. The number of carbonyl (C=O) groups excluding carboxylic acids is 1. The Morgan fingerprint density at radius 2 is 2.17 bits per heavy atom. The third-order valence-corrected chi connectivity index (χ3v) is 1.31. The summed E-state index contributed by atoms with van der Waals surface area (Å²) in [5.41, 5.74) is 0. The van der Waals surface area contributed by atoms with E-state index >= 15 is 0 Å². The minimum atomic E-state index is -0.103. The second kappa shape index (κ2) is 4.24. The van der Waals surface area contributed by atoms with Gasteiger partial charge in [0.2, 0.25) is 5.78 Å². The smallest absolute Gasteiger partial charge is 0.200 e. The second-order valence-corrected chi connectivity index (χ2v) is 2.20. The molecular formula is C9H8N2O. The van der Waals surface area contributed by atoms with Gasteiger partial charge in [-0.05, 0) is 6.07 Å². The largest absolute Gasteiger partial charge is 0.291 e. The van der Waals surface area contributed by atoms with Gasteiger partial charge >= 0.3 is 0 Å². The number of nitrogens with zero attached hydrogens (tertiary/aromatic N) is 2. The zero-order valence-corrected chi connectivity index (χ0v) is 6.53. The van der Waals surface area contributed by atoms with Gasteiger partial charge in [0.15, 0.2) is 5.82 Å². The summed E-state index contributed by atoms with van der Waals surface area (Å²) >= 11 is 0. The molecule has 12 heavy (non-hydrogen) atoms. The maximum Gasteiger partial charge on any atom is 0.200 e. The van der Waals surface area contributed by atoms with Crippen molar-refractivity contribution in [3.05, 3.63) is 24.3 Å². The molecule has 0 aliphatic rings. The van der Waals surface area contributed by atoms with Crippen LogP contribution in [-0.2, 0) is 0 Å². The van der Waals surface area contributed by atoms with Gasteiger partial charge in [0.1, 0.15) is 0 Å². The van der Waals surface area contributed by atoms with Crippen molar-refractivity contribution in [2.75, 3.05) is 0 Å². The zero-order valence-electron chi connectivity index (χ0n) is 6.53. The molecule has 0 aliphatic carbocycles. The van der Waals surface area contributed by atoms with Crippen molar-refractivity contribution in [1.29, 1.82) is 0 Å². The summed E-state index contributed by atoms with van der Waals surface area (Å²) < 4.78 is 0. The maximum atomic E-state index is 11.2. The van der Waals surface area contributed by atoms with Crippen LogP contribution in [0.2, 0.25) is 0 Å². The van der Waals surface area contributed by atoms with Gasteiger partial charge in [-0.15, -0.1) is 12.3 Å². The Labute approximate surface area is 70.9 Å². The number of Topliss-reactive ketones (excluding diaryl/α,β-unsaturated/α-hetero) is 1. The van der Waals surface area contributed by atoms with Crippen LogP contribution in [0.1, 0.15) is 23.5 Å².